The number of ether oxygens (including phenoxy) is 1. The van der Waals surface area contributed by atoms with Crippen molar-refractivity contribution in [3.63, 3.8) is 0 Å². The predicted molar refractivity (Wildman–Crippen MR) is 69.8 cm³/mol. The number of hydrogen-bond acceptors (Lipinski definition) is 6. The van der Waals surface area contributed by atoms with Gasteiger partial charge in [0.15, 0.2) is 0 Å². The topological polar surface area (TPSA) is 94.4 Å². The summed E-state index contributed by atoms with van der Waals surface area (Å²) >= 11 is 0. The van der Waals surface area contributed by atoms with Crippen LogP contribution in [-0.4, -0.2) is 52.6 Å². The van der Waals surface area contributed by atoms with E-state index in [-0.39, 0.29) is 11.7 Å². The van der Waals surface area contributed by atoms with Crippen LogP contribution in [0.4, 0.5) is 4.79 Å². The molecule has 0 saturated carbocycles. The Balaban J connectivity index is 2.15. The Kier molecular flexibility index (Phi) is 3.49. The maximum absolute atomic E-state index is 12.0. The molecule has 2 rings (SSSR count). The zero-order valence-electron chi connectivity index (χ0n) is 12.0. The van der Waals surface area contributed by atoms with Gasteiger partial charge in [-0.2, -0.15) is 0 Å². The standard InChI is InChI=1S/C11H18N4O4S/c1-11(2,3)19-10(16)14-5-6-15-8(7-14)12-9(13-15)20(4,17)18/h5-7H2,1-4H3. The van der Waals surface area contributed by atoms with Crippen molar-refractivity contribution in [1.82, 2.24) is 19.7 Å². The molecule has 1 aliphatic rings. The van der Waals surface area contributed by atoms with Crippen molar-refractivity contribution >= 4 is 15.9 Å². The maximum atomic E-state index is 12.0. The Labute approximate surface area is 117 Å². The molecule has 112 valence electrons. The molecule has 1 amide bonds. The van der Waals surface area contributed by atoms with Crippen LogP contribution >= 0.6 is 0 Å². The number of nitrogens with zero attached hydrogens (tertiary/aromatic N) is 4. The molecule has 1 aliphatic heterocycles. The maximum Gasteiger partial charge on any atom is 0.410 e. The van der Waals surface area contributed by atoms with Crippen LogP contribution in [0.1, 0.15) is 26.6 Å². The first kappa shape index (κ1) is 14.8. The number of hydrogen-bond donors (Lipinski definition) is 0. The van der Waals surface area contributed by atoms with Gasteiger partial charge in [0.2, 0.25) is 9.84 Å². The molecule has 0 spiro atoms. The minimum absolute atomic E-state index is 0.192. The van der Waals surface area contributed by atoms with Gasteiger partial charge in [-0.3, -0.25) is 4.90 Å². The lowest BCUT2D eigenvalue weighted by Gasteiger charge is -2.29. The lowest BCUT2D eigenvalue weighted by atomic mass is 10.2. The van der Waals surface area contributed by atoms with Gasteiger partial charge in [-0.25, -0.2) is 22.9 Å². The molecule has 1 aromatic rings. The monoisotopic (exact) mass is 302 g/mol. The molecular weight excluding hydrogens is 284 g/mol. The van der Waals surface area contributed by atoms with Gasteiger partial charge in [-0.15, -0.1) is 5.10 Å². The second-order valence-electron chi connectivity index (χ2n) is 5.71. The molecule has 0 N–H and O–H groups in total. The fourth-order valence-corrected chi connectivity index (χ4v) is 2.27. The van der Waals surface area contributed by atoms with E-state index >= 15 is 0 Å². The van der Waals surface area contributed by atoms with Gasteiger partial charge in [0.25, 0.3) is 5.16 Å². The van der Waals surface area contributed by atoms with E-state index in [9.17, 15) is 13.2 Å². The number of amides is 1. The van der Waals surface area contributed by atoms with Gasteiger partial charge in [0, 0.05) is 12.8 Å². The summed E-state index contributed by atoms with van der Waals surface area (Å²) in [6.07, 6.45) is 0.618. The molecule has 0 bridgehead atoms. The summed E-state index contributed by atoms with van der Waals surface area (Å²) in [4.78, 5) is 17.4. The zero-order valence-corrected chi connectivity index (χ0v) is 12.8. The lowest BCUT2D eigenvalue weighted by Crippen LogP contribution is -2.41. The lowest BCUT2D eigenvalue weighted by molar-refractivity contribution is 0.0190. The molecule has 2 heterocycles. The van der Waals surface area contributed by atoms with Gasteiger partial charge in [0.05, 0.1) is 13.1 Å². The Morgan fingerprint density at radius 1 is 1.30 bits per heavy atom. The number of carbonyl (C=O) groups excluding carboxylic acids is 1. The van der Waals surface area contributed by atoms with E-state index in [4.69, 9.17) is 4.74 Å². The Morgan fingerprint density at radius 2 is 1.95 bits per heavy atom. The highest BCUT2D eigenvalue weighted by Crippen LogP contribution is 2.16. The summed E-state index contributed by atoms with van der Waals surface area (Å²) < 4.78 is 29.6. The summed E-state index contributed by atoms with van der Waals surface area (Å²) in [6, 6.07) is 0. The molecule has 0 aliphatic carbocycles. The van der Waals surface area contributed by atoms with E-state index in [0.29, 0.717) is 18.9 Å². The molecule has 9 heteroatoms. The Hall–Kier alpha value is -1.64. The van der Waals surface area contributed by atoms with E-state index < -0.39 is 21.5 Å². The third-order valence-corrected chi connectivity index (χ3v) is 3.46. The molecule has 0 atom stereocenters. The average Bonchev–Trinajstić information content (AvgIpc) is 2.68. The SMILES string of the molecule is CC(C)(C)OC(=O)N1CCn2nc(S(C)(=O)=O)nc2C1. The van der Waals surface area contributed by atoms with Gasteiger partial charge >= 0.3 is 6.09 Å². The van der Waals surface area contributed by atoms with E-state index in [1.54, 1.807) is 20.8 Å². The largest absolute Gasteiger partial charge is 0.444 e. The van der Waals surface area contributed by atoms with Crippen LogP contribution in [0.25, 0.3) is 0 Å². The summed E-state index contributed by atoms with van der Waals surface area (Å²) in [5, 5.41) is 3.72. The van der Waals surface area contributed by atoms with Crippen molar-refractivity contribution < 1.29 is 17.9 Å². The van der Waals surface area contributed by atoms with Crippen LogP contribution in [0.2, 0.25) is 0 Å². The van der Waals surface area contributed by atoms with E-state index in [2.05, 4.69) is 10.1 Å². The minimum atomic E-state index is -3.44. The van der Waals surface area contributed by atoms with Crippen molar-refractivity contribution in [2.24, 2.45) is 0 Å². The number of sulfone groups is 1. The fourth-order valence-electron chi connectivity index (χ4n) is 1.75. The quantitative estimate of drug-likeness (QED) is 0.746. The minimum Gasteiger partial charge on any atom is -0.444 e. The highest BCUT2D eigenvalue weighted by Gasteiger charge is 2.28. The van der Waals surface area contributed by atoms with Crippen molar-refractivity contribution in [2.75, 3.05) is 12.8 Å². The Morgan fingerprint density at radius 3 is 2.50 bits per heavy atom. The Bertz CT molecular complexity index is 629. The van der Waals surface area contributed by atoms with Gasteiger partial charge < -0.3 is 4.74 Å². The molecule has 0 fully saturated rings. The summed E-state index contributed by atoms with van der Waals surface area (Å²) in [6.45, 7) is 6.38. The number of rotatable bonds is 1. The molecule has 20 heavy (non-hydrogen) atoms. The summed E-state index contributed by atoms with van der Waals surface area (Å²) in [7, 11) is -3.44. The van der Waals surface area contributed by atoms with Crippen LogP contribution in [0.5, 0.6) is 0 Å². The van der Waals surface area contributed by atoms with Gasteiger partial charge in [0.1, 0.15) is 11.4 Å². The molecule has 0 radical (unpaired) electrons. The molecule has 8 nitrogen and oxygen atoms in total. The van der Waals surface area contributed by atoms with E-state index in [0.717, 1.165) is 6.26 Å². The molecule has 0 aromatic carbocycles. The van der Waals surface area contributed by atoms with Gasteiger partial charge in [-0.1, -0.05) is 0 Å². The first-order chi connectivity index (χ1) is 9.06. The third-order valence-electron chi connectivity index (χ3n) is 2.63. The van der Waals surface area contributed by atoms with Crippen molar-refractivity contribution in [3.05, 3.63) is 5.82 Å². The second-order valence-corrected chi connectivity index (χ2v) is 7.62. The number of carbonyl (C=O) groups is 1. The van der Waals surface area contributed by atoms with E-state index in [1.807, 2.05) is 0 Å². The highest BCUT2D eigenvalue weighted by atomic mass is 32.2. The van der Waals surface area contributed by atoms with Crippen LogP contribution in [0.3, 0.4) is 0 Å². The van der Waals surface area contributed by atoms with Crippen molar-refractivity contribution in [1.29, 1.82) is 0 Å². The molecular formula is C11H18N4O4S. The smallest absolute Gasteiger partial charge is 0.410 e. The predicted octanol–water partition coefficient (Wildman–Crippen LogP) is 0.432. The summed E-state index contributed by atoms with van der Waals surface area (Å²) in [5.41, 5.74) is -0.569. The fraction of sp³-hybridized carbons (Fsp3) is 0.727. The van der Waals surface area contributed by atoms with Crippen LogP contribution < -0.4 is 0 Å². The van der Waals surface area contributed by atoms with Crippen LogP contribution in [0, 0.1) is 0 Å². The second kappa shape index (κ2) is 4.72. The van der Waals surface area contributed by atoms with Crippen LogP contribution in [-0.2, 0) is 27.7 Å². The molecule has 0 unspecified atom stereocenters. The number of fused-ring (bicyclic) bond motifs is 1. The van der Waals surface area contributed by atoms with Gasteiger partial charge in [-0.05, 0) is 20.8 Å². The third kappa shape index (κ3) is 3.27. The van der Waals surface area contributed by atoms with Crippen LogP contribution in [0.15, 0.2) is 5.16 Å². The van der Waals surface area contributed by atoms with Crippen molar-refractivity contribution in [2.45, 2.75) is 44.6 Å². The summed E-state index contributed by atoms with van der Waals surface area (Å²) in [5.74, 6) is 0.447. The zero-order chi connectivity index (χ0) is 15.1. The first-order valence-corrected chi connectivity index (χ1v) is 8.07. The average molecular weight is 302 g/mol. The molecule has 1 aromatic heterocycles. The molecule has 0 saturated heterocycles. The highest BCUT2D eigenvalue weighted by molar-refractivity contribution is 7.90. The number of aromatic nitrogens is 3. The van der Waals surface area contributed by atoms with Crippen molar-refractivity contribution in [3.8, 4) is 0 Å². The van der Waals surface area contributed by atoms with E-state index in [1.165, 1.54) is 9.58 Å². The normalized spacial score (nSPS) is 15.9. The first-order valence-electron chi connectivity index (χ1n) is 6.18.